The van der Waals surface area contributed by atoms with Crippen LogP contribution in [0.5, 0.6) is 11.5 Å². The summed E-state index contributed by atoms with van der Waals surface area (Å²) in [7, 11) is 1.49. The molecule has 1 fully saturated rings. The number of amidine groups is 1. The summed E-state index contributed by atoms with van der Waals surface area (Å²) in [5, 5.41) is 12.4. The topological polar surface area (TPSA) is 70.9 Å². The van der Waals surface area contributed by atoms with Crippen molar-refractivity contribution < 1.29 is 14.6 Å². The van der Waals surface area contributed by atoms with Gasteiger partial charge in [-0.1, -0.05) is 23.8 Å². The third-order valence-corrected chi connectivity index (χ3v) is 4.25. The van der Waals surface area contributed by atoms with Crippen LogP contribution < -0.4 is 10.1 Å². The lowest BCUT2D eigenvalue weighted by molar-refractivity contribution is 0.265. The first-order valence-corrected chi connectivity index (χ1v) is 8.10. The zero-order chi connectivity index (χ0) is 17.1. The van der Waals surface area contributed by atoms with Gasteiger partial charge >= 0.3 is 0 Å². The highest BCUT2D eigenvalue weighted by Crippen LogP contribution is 2.31. The molecule has 1 aliphatic rings. The van der Waals surface area contributed by atoms with Gasteiger partial charge in [-0.3, -0.25) is 4.79 Å². The van der Waals surface area contributed by atoms with Crippen LogP contribution in [0.2, 0.25) is 0 Å². The third-order valence-electron chi connectivity index (χ3n) is 3.43. The first-order valence-electron chi connectivity index (χ1n) is 7.28. The molecule has 24 heavy (non-hydrogen) atoms. The lowest BCUT2D eigenvalue weighted by Gasteiger charge is -2.04. The normalized spacial score (nSPS) is 17.3. The number of aliphatic imine (C=N–C) groups is 1. The van der Waals surface area contributed by atoms with Crippen molar-refractivity contribution in [3.05, 3.63) is 58.5 Å². The van der Waals surface area contributed by atoms with Crippen LogP contribution in [-0.4, -0.2) is 23.3 Å². The van der Waals surface area contributed by atoms with Gasteiger partial charge in [0.05, 0.1) is 17.7 Å². The second kappa shape index (κ2) is 6.80. The maximum atomic E-state index is 11.7. The molecular weight excluding hydrogens is 324 g/mol. The van der Waals surface area contributed by atoms with Gasteiger partial charge in [0, 0.05) is 0 Å². The zero-order valence-electron chi connectivity index (χ0n) is 13.2. The second-order valence-corrected chi connectivity index (χ2v) is 6.27. The monoisotopic (exact) mass is 340 g/mol. The van der Waals surface area contributed by atoms with E-state index in [-0.39, 0.29) is 11.0 Å². The highest BCUT2D eigenvalue weighted by atomic mass is 32.2. The van der Waals surface area contributed by atoms with Gasteiger partial charge in [0.25, 0.3) is 5.24 Å². The number of aryl methyl sites for hydroxylation is 1. The number of carbonyl (C=O) groups excluding carboxylic acids is 1. The van der Waals surface area contributed by atoms with Crippen molar-refractivity contribution >= 4 is 34.6 Å². The van der Waals surface area contributed by atoms with Crippen LogP contribution in [0, 0.1) is 6.92 Å². The van der Waals surface area contributed by atoms with E-state index < -0.39 is 0 Å². The summed E-state index contributed by atoms with van der Waals surface area (Å²) in [5.41, 5.74) is 2.67. The molecule has 1 aliphatic heterocycles. The molecule has 1 heterocycles. The number of thioether (sulfide) groups is 1. The summed E-state index contributed by atoms with van der Waals surface area (Å²) in [6.45, 7) is 2.01. The van der Waals surface area contributed by atoms with Crippen molar-refractivity contribution in [3.8, 4) is 11.5 Å². The highest BCUT2D eigenvalue weighted by molar-refractivity contribution is 8.18. The van der Waals surface area contributed by atoms with Gasteiger partial charge in [0.1, 0.15) is 5.84 Å². The Bertz CT molecular complexity index is 842. The molecule has 2 aromatic carbocycles. The predicted octanol–water partition coefficient (Wildman–Crippen LogP) is 4.24. The molecule has 6 heteroatoms. The Kier molecular flexibility index (Phi) is 4.57. The van der Waals surface area contributed by atoms with Gasteiger partial charge < -0.3 is 15.2 Å². The molecule has 1 amide bonds. The molecule has 0 saturated carbocycles. The van der Waals surface area contributed by atoms with Gasteiger partial charge in [-0.15, -0.1) is 0 Å². The number of benzene rings is 2. The fourth-order valence-corrected chi connectivity index (χ4v) is 2.95. The van der Waals surface area contributed by atoms with Crippen LogP contribution in [0.1, 0.15) is 11.1 Å². The molecule has 122 valence electrons. The standard InChI is InChI=1S/C18H16N2O3S/c1-11-3-6-13(7-4-11)19-17-16(24-18(22)20-17)10-12-5-8-15(23-2)14(21)9-12/h3-10,21H,1-2H3,(H,19,20,22)/b16-10-. The summed E-state index contributed by atoms with van der Waals surface area (Å²) in [6, 6.07) is 12.8. The summed E-state index contributed by atoms with van der Waals surface area (Å²) < 4.78 is 5.03. The van der Waals surface area contributed by atoms with Crippen molar-refractivity contribution in [2.45, 2.75) is 6.92 Å². The Morgan fingerprint density at radius 1 is 1.21 bits per heavy atom. The molecule has 0 unspecified atom stereocenters. The van der Waals surface area contributed by atoms with Gasteiger partial charge in [0.15, 0.2) is 11.5 Å². The number of methoxy groups -OCH3 is 1. The van der Waals surface area contributed by atoms with Gasteiger partial charge in [-0.2, -0.15) is 0 Å². The molecule has 1 saturated heterocycles. The average Bonchev–Trinajstić information content (AvgIpc) is 2.89. The van der Waals surface area contributed by atoms with Crippen LogP contribution in [0.25, 0.3) is 6.08 Å². The van der Waals surface area contributed by atoms with Crippen molar-refractivity contribution in [1.82, 2.24) is 5.32 Å². The van der Waals surface area contributed by atoms with Gasteiger partial charge in [-0.05, 0) is 54.6 Å². The molecule has 0 radical (unpaired) electrons. The Labute approximate surface area is 144 Å². The molecule has 0 aromatic heterocycles. The van der Waals surface area contributed by atoms with E-state index in [1.54, 1.807) is 24.3 Å². The zero-order valence-corrected chi connectivity index (χ0v) is 14.1. The minimum Gasteiger partial charge on any atom is -0.504 e. The van der Waals surface area contributed by atoms with E-state index >= 15 is 0 Å². The molecule has 2 aromatic rings. The number of aromatic hydroxyl groups is 1. The summed E-state index contributed by atoms with van der Waals surface area (Å²) >= 11 is 1.07. The van der Waals surface area contributed by atoms with Crippen LogP contribution in [0.15, 0.2) is 52.4 Å². The number of phenolic OH excluding ortho intramolecular Hbond substituents is 1. The Morgan fingerprint density at radius 3 is 2.62 bits per heavy atom. The lowest BCUT2D eigenvalue weighted by Crippen LogP contribution is -2.18. The molecule has 3 rings (SSSR count). The molecule has 0 aliphatic carbocycles. The SMILES string of the molecule is COc1ccc(/C=C2\SC(=O)NC2=Nc2ccc(C)cc2)cc1O. The largest absolute Gasteiger partial charge is 0.504 e. The molecular formula is C18H16N2O3S. The van der Waals surface area contributed by atoms with E-state index in [9.17, 15) is 9.90 Å². The number of amides is 1. The molecule has 0 bridgehead atoms. The van der Waals surface area contributed by atoms with Crippen LogP contribution >= 0.6 is 11.8 Å². The number of nitrogens with zero attached hydrogens (tertiary/aromatic N) is 1. The van der Waals surface area contributed by atoms with Crippen molar-refractivity contribution in [3.63, 3.8) is 0 Å². The number of hydrogen-bond acceptors (Lipinski definition) is 5. The minimum atomic E-state index is -0.176. The highest BCUT2D eigenvalue weighted by Gasteiger charge is 2.23. The molecule has 2 N–H and O–H groups in total. The molecule has 0 atom stereocenters. The van der Waals surface area contributed by atoms with Crippen LogP contribution in [0.4, 0.5) is 10.5 Å². The van der Waals surface area contributed by atoms with Crippen molar-refractivity contribution in [2.24, 2.45) is 4.99 Å². The number of ether oxygens (including phenoxy) is 1. The van der Waals surface area contributed by atoms with Gasteiger partial charge in [0.2, 0.25) is 0 Å². The smallest absolute Gasteiger partial charge is 0.289 e. The second-order valence-electron chi connectivity index (χ2n) is 5.25. The third kappa shape index (κ3) is 3.60. The Balaban J connectivity index is 1.94. The number of carbonyl (C=O) groups is 1. The average molecular weight is 340 g/mol. The number of phenols is 1. The maximum Gasteiger partial charge on any atom is 0.289 e. The fraction of sp³-hybridized carbons (Fsp3) is 0.111. The first kappa shape index (κ1) is 16.1. The van der Waals surface area contributed by atoms with E-state index in [1.807, 2.05) is 31.2 Å². The Morgan fingerprint density at radius 2 is 1.96 bits per heavy atom. The number of rotatable bonds is 3. The van der Waals surface area contributed by atoms with E-state index in [0.29, 0.717) is 16.5 Å². The van der Waals surface area contributed by atoms with Crippen LogP contribution in [-0.2, 0) is 0 Å². The van der Waals surface area contributed by atoms with E-state index in [2.05, 4.69) is 10.3 Å². The quantitative estimate of drug-likeness (QED) is 0.877. The number of hydrogen-bond donors (Lipinski definition) is 2. The van der Waals surface area contributed by atoms with Crippen molar-refractivity contribution in [1.29, 1.82) is 0 Å². The van der Waals surface area contributed by atoms with E-state index in [1.165, 1.54) is 7.11 Å². The fourth-order valence-electron chi connectivity index (χ4n) is 2.21. The predicted molar refractivity (Wildman–Crippen MR) is 97.0 cm³/mol. The van der Waals surface area contributed by atoms with Crippen LogP contribution in [0.3, 0.4) is 0 Å². The molecule has 0 spiro atoms. The summed E-state index contributed by atoms with van der Waals surface area (Å²) in [4.78, 5) is 16.9. The van der Waals surface area contributed by atoms with E-state index in [0.717, 1.165) is 28.6 Å². The van der Waals surface area contributed by atoms with E-state index in [4.69, 9.17) is 4.74 Å². The maximum absolute atomic E-state index is 11.7. The minimum absolute atomic E-state index is 0.0474. The lowest BCUT2D eigenvalue weighted by atomic mass is 10.2. The Hall–Kier alpha value is -2.73. The molecule has 5 nitrogen and oxygen atoms in total. The first-order chi connectivity index (χ1) is 11.5. The number of nitrogens with one attached hydrogen (secondary N) is 1. The summed E-state index contributed by atoms with van der Waals surface area (Å²) in [5.74, 6) is 0.953. The van der Waals surface area contributed by atoms with Crippen molar-refractivity contribution in [2.75, 3.05) is 7.11 Å². The van der Waals surface area contributed by atoms with Gasteiger partial charge in [-0.25, -0.2) is 4.99 Å². The summed E-state index contributed by atoms with van der Waals surface area (Å²) in [6.07, 6.45) is 1.80.